The molecule has 5 nitrogen and oxygen atoms in total. The standard InChI is InChI=1S/C15H20N4O/c1-19(10-14-17-15(9-16)20-18-14)13-7-6-11-4-2-3-5-12(11)8-13/h2-5,13H,6-10,16H2,1H3. The number of fused-ring (bicyclic) bond motifs is 1. The maximum Gasteiger partial charge on any atom is 0.240 e. The summed E-state index contributed by atoms with van der Waals surface area (Å²) in [6, 6.07) is 9.24. The maximum atomic E-state index is 5.48. The molecule has 0 saturated carbocycles. The van der Waals surface area contributed by atoms with Crippen molar-refractivity contribution >= 4 is 0 Å². The molecule has 1 atom stereocenters. The zero-order chi connectivity index (χ0) is 13.9. The second-order valence-corrected chi connectivity index (χ2v) is 5.39. The summed E-state index contributed by atoms with van der Waals surface area (Å²) in [6.07, 6.45) is 3.41. The molecule has 0 spiro atoms. The lowest BCUT2D eigenvalue weighted by Crippen LogP contribution is -2.36. The molecule has 1 aromatic carbocycles. The van der Waals surface area contributed by atoms with E-state index in [9.17, 15) is 0 Å². The summed E-state index contributed by atoms with van der Waals surface area (Å²) >= 11 is 0. The number of likely N-dealkylation sites (N-methyl/N-ethyl adjacent to an activating group) is 1. The summed E-state index contributed by atoms with van der Waals surface area (Å²) in [6.45, 7) is 1.00. The summed E-state index contributed by atoms with van der Waals surface area (Å²) in [5, 5.41) is 3.96. The fraction of sp³-hybridized carbons (Fsp3) is 0.467. The molecule has 2 aromatic rings. The third-order valence-electron chi connectivity index (χ3n) is 4.02. The Morgan fingerprint density at radius 1 is 1.35 bits per heavy atom. The minimum atomic E-state index is 0.299. The van der Waals surface area contributed by atoms with Crippen molar-refractivity contribution in [2.75, 3.05) is 7.05 Å². The Labute approximate surface area is 118 Å². The zero-order valence-electron chi connectivity index (χ0n) is 11.7. The van der Waals surface area contributed by atoms with E-state index in [1.165, 1.54) is 17.5 Å². The fourth-order valence-electron chi connectivity index (χ4n) is 2.84. The second kappa shape index (κ2) is 5.73. The highest BCUT2D eigenvalue weighted by Crippen LogP contribution is 2.24. The average Bonchev–Trinajstić information content (AvgIpc) is 2.94. The van der Waals surface area contributed by atoms with E-state index in [4.69, 9.17) is 10.3 Å². The van der Waals surface area contributed by atoms with Crippen LogP contribution in [-0.4, -0.2) is 28.1 Å². The Morgan fingerprint density at radius 3 is 2.90 bits per heavy atom. The maximum absolute atomic E-state index is 5.48. The second-order valence-electron chi connectivity index (χ2n) is 5.39. The van der Waals surface area contributed by atoms with E-state index < -0.39 is 0 Å². The van der Waals surface area contributed by atoms with Crippen LogP contribution in [0.3, 0.4) is 0 Å². The first-order valence-corrected chi connectivity index (χ1v) is 7.05. The van der Waals surface area contributed by atoms with Crippen molar-refractivity contribution in [2.24, 2.45) is 5.73 Å². The van der Waals surface area contributed by atoms with E-state index in [1.54, 1.807) is 0 Å². The van der Waals surface area contributed by atoms with Gasteiger partial charge in [0, 0.05) is 6.04 Å². The molecule has 0 fully saturated rings. The first-order chi connectivity index (χ1) is 9.76. The molecule has 1 aromatic heterocycles. The molecule has 1 heterocycles. The van der Waals surface area contributed by atoms with Crippen LogP contribution in [0, 0.1) is 0 Å². The number of rotatable bonds is 4. The molecule has 1 aliphatic rings. The molecule has 1 aliphatic carbocycles. The van der Waals surface area contributed by atoms with Crippen LogP contribution in [0.25, 0.3) is 0 Å². The third-order valence-corrected chi connectivity index (χ3v) is 4.02. The van der Waals surface area contributed by atoms with Crippen molar-refractivity contribution in [3.63, 3.8) is 0 Å². The van der Waals surface area contributed by atoms with Crippen LogP contribution in [0.5, 0.6) is 0 Å². The van der Waals surface area contributed by atoms with Crippen molar-refractivity contribution in [3.05, 3.63) is 47.1 Å². The van der Waals surface area contributed by atoms with E-state index >= 15 is 0 Å². The predicted molar refractivity (Wildman–Crippen MR) is 75.9 cm³/mol. The van der Waals surface area contributed by atoms with Crippen molar-refractivity contribution < 1.29 is 4.52 Å². The molecule has 0 bridgehead atoms. The van der Waals surface area contributed by atoms with Gasteiger partial charge in [-0.25, -0.2) is 0 Å². The minimum absolute atomic E-state index is 0.299. The first kappa shape index (κ1) is 13.3. The number of hydrogen-bond donors (Lipinski definition) is 1. The Kier molecular flexibility index (Phi) is 3.80. The zero-order valence-corrected chi connectivity index (χ0v) is 11.7. The summed E-state index contributed by atoms with van der Waals surface area (Å²) in [5.74, 6) is 1.22. The smallest absolute Gasteiger partial charge is 0.240 e. The van der Waals surface area contributed by atoms with E-state index in [-0.39, 0.29) is 0 Å². The minimum Gasteiger partial charge on any atom is -0.338 e. The molecule has 0 amide bonds. The Balaban J connectivity index is 1.65. The van der Waals surface area contributed by atoms with Crippen LogP contribution in [-0.2, 0) is 25.9 Å². The molecule has 2 N–H and O–H groups in total. The molecule has 20 heavy (non-hydrogen) atoms. The van der Waals surface area contributed by atoms with Crippen molar-refractivity contribution in [1.82, 2.24) is 15.0 Å². The number of aromatic nitrogens is 2. The van der Waals surface area contributed by atoms with Gasteiger partial charge in [0.25, 0.3) is 0 Å². The molecule has 5 heteroatoms. The van der Waals surface area contributed by atoms with Gasteiger partial charge in [-0.1, -0.05) is 29.4 Å². The van der Waals surface area contributed by atoms with Crippen molar-refractivity contribution in [3.8, 4) is 0 Å². The molecule has 0 radical (unpaired) electrons. The molecular formula is C15H20N4O. The van der Waals surface area contributed by atoms with Crippen LogP contribution in [0.1, 0.15) is 29.3 Å². The Hall–Kier alpha value is -1.72. The summed E-state index contributed by atoms with van der Waals surface area (Å²) in [7, 11) is 2.12. The van der Waals surface area contributed by atoms with Crippen LogP contribution in [0.2, 0.25) is 0 Å². The Morgan fingerprint density at radius 2 is 2.15 bits per heavy atom. The van der Waals surface area contributed by atoms with Gasteiger partial charge in [-0.3, -0.25) is 4.90 Å². The van der Waals surface area contributed by atoms with Crippen molar-refractivity contribution in [2.45, 2.75) is 38.4 Å². The Bertz CT molecular complexity index is 581. The highest BCUT2D eigenvalue weighted by Gasteiger charge is 2.22. The summed E-state index contributed by atoms with van der Waals surface area (Å²) < 4.78 is 5.05. The molecule has 3 rings (SSSR count). The molecule has 0 saturated heterocycles. The summed E-state index contributed by atoms with van der Waals surface area (Å²) in [4.78, 5) is 6.57. The number of hydrogen-bond acceptors (Lipinski definition) is 5. The topological polar surface area (TPSA) is 68.2 Å². The van der Waals surface area contributed by atoms with Gasteiger partial charge in [-0.05, 0) is 37.4 Å². The van der Waals surface area contributed by atoms with Gasteiger partial charge in [0.1, 0.15) is 0 Å². The molecular weight excluding hydrogens is 252 g/mol. The van der Waals surface area contributed by atoms with Gasteiger partial charge in [-0.2, -0.15) is 4.98 Å². The number of nitrogens with two attached hydrogens (primary N) is 1. The van der Waals surface area contributed by atoms with Crippen LogP contribution in [0.4, 0.5) is 0 Å². The number of benzene rings is 1. The monoisotopic (exact) mass is 272 g/mol. The summed E-state index contributed by atoms with van der Waals surface area (Å²) in [5.41, 5.74) is 8.43. The van der Waals surface area contributed by atoms with E-state index in [0.29, 0.717) is 30.8 Å². The van der Waals surface area contributed by atoms with Crippen LogP contribution >= 0.6 is 0 Å². The SMILES string of the molecule is CN(Cc1noc(CN)n1)C1CCc2ccccc2C1. The number of nitrogens with zero attached hydrogens (tertiary/aromatic N) is 3. The quantitative estimate of drug-likeness (QED) is 0.914. The van der Waals surface area contributed by atoms with Gasteiger partial charge in [-0.15, -0.1) is 0 Å². The van der Waals surface area contributed by atoms with Crippen LogP contribution < -0.4 is 5.73 Å². The highest BCUT2D eigenvalue weighted by atomic mass is 16.5. The highest BCUT2D eigenvalue weighted by molar-refractivity contribution is 5.30. The van der Waals surface area contributed by atoms with Crippen LogP contribution in [0.15, 0.2) is 28.8 Å². The predicted octanol–water partition coefficient (Wildman–Crippen LogP) is 1.52. The molecule has 106 valence electrons. The first-order valence-electron chi connectivity index (χ1n) is 7.05. The van der Waals surface area contributed by atoms with E-state index in [1.807, 2.05) is 0 Å². The lowest BCUT2D eigenvalue weighted by atomic mass is 9.88. The van der Waals surface area contributed by atoms with Gasteiger partial charge in [0.2, 0.25) is 5.89 Å². The lowest BCUT2D eigenvalue weighted by molar-refractivity contribution is 0.206. The van der Waals surface area contributed by atoms with Crippen molar-refractivity contribution in [1.29, 1.82) is 0 Å². The largest absolute Gasteiger partial charge is 0.338 e. The number of aryl methyl sites for hydroxylation is 1. The van der Waals surface area contributed by atoms with E-state index in [0.717, 1.165) is 12.8 Å². The fourth-order valence-corrected chi connectivity index (χ4v) is 2.84. The normalized spacial score (nSPS) is 18.2. The van der Waals surface area contributed by atoms with E-state index in [2.05, 4.69) is 46.4 Å². The molecule has 0 aliphatic heterocycles. The van der Waals surface area contributed by atoms with Gasteiger partial charge < -0.3 is 10.3 Å². The molecule has 1 unspecified atom stereocenters. The van der Waals surface area contributed by atoms with Gasteiger partial charge in [0.15, 0.2) is 5.82 Å². The third kappa shape index (κ3) is 2.73. The van der Waals surface area contributed by atoms with Gasteiger partial charge in [0.05, 0.1) is 13.1 Å². The average molecular weight is 272 g/mol. The lowest BCUT2D eigenvalue weighted by Gasteiger charge is -2.31. The van der Waals surface area contributed by atoms with Gasteiger partial charge >= 0.3 is 0 Å².